The minimum absolute atomic E-state index is 0.189. The van der Waals surface area contributed by atoms with Gasteiger partial charge >= 0.3 is 0 Å². The molecule has 0 radical (unpaired) electrons. The lowest BCUT2D eigenvalue weighted by Gasteiger charge is -2.27. The fourth-order valence-corrected chi connectivity index (χ4v) is 10.8. The number of anilines is 1. The molecule has 204 valence electrons. The van der Waals surface area contributed by atoms with E-state index in [0.717, 1.165) is 4.90 Å². The van der Waals surface area contributed by atoms with Crippen molar-refractivity contribution in [2.75, 3.05) is 4.90 Å². The van der Waals surface area contributed by atoms with Crippen molar-refractivity contribution in [2.24, 2.45) is 11.8 Å². The molecule has 6 nitrogen and oxygen atoms in total. The van der Waals surface area contributed by atoms with E-state index < -0.39 is 35.7 Å². The van der Waals surface area contributed by atoms with E-state index in [0.29, 0.717) is 52.4 Å². The predicted molar refractivity (Wildman–Crippen MR) is 181 cm³/mol. The second-order valence-electron chi connectivity index (χ2n) is 9.23. The number of carbonyl (C=O) groups excluding carboxylic acids is 3. The maximum atomic E-state index is 13.7. The van der Waals surface area contributed by atoms with E-state index in [4.69, 9.17) is 4.98 Å². The SMILES string of the molecule is O=C1C2C(Br)=C(Br)C(Br)=C(Br)C2C(O)C1c1ccc2cccc(N3C(=O)c4c(Br)c(Br)c(Br)c(Br)c4C3=O)c2n1. The molecule has 4 unspecified atom stereocenters. The van der Waals surface area contributed by atoms with Gasteiger partial charge in [0.2, 0.25) is 0 Å². The molecule has 1 fully saturated rings. The molecule has 6 rings (SSSR count). The van der Waals surface area contributed by atoms with Crippen LogP contribution in [0.5, 0.6) is 0 Å². The summed E-state index contributed by atoms with van der Waals surface area (Å²) in [5.41, 5.74) is 1.43. The Labute approximate surface area is 294 Å². The molecule has 0 bridgehead atoms. The maximum absolute atomic E-state index is 13.7. The number of rotatable bonds is 2. The van der Waals surface area contributed by atoms with Crippen molar-refractivity contribution in [3.63, 3.8) is 0 Å². The smallest absolute Gasteiger partial charge is 0.267 e. The minimum atomic E-state index is -1.06. The molecule has 3 aliphatic rings. The molecule has 2 heterocycles. The van der Waals surface area contributed by atoms with Crippen molar-refractivity contribution >= 4 is 162 Å². The lowest BCUT2D eigenvalue weighted by molar-refractivity contribution is -0.121. The Hall–Kier alpha value is -0.0600. The number of pyridine rings is 1. The van der Waals surface area contributed by atoms with Gasteiger partial charge in [0.05, 0.1) is 46.0 Å². The van der Waals surface area contributed by atoms with Crippen LogP contribution in [0.2, 0.25) is 0 Å². The normalized spacial score (nSPS) is 24.5. The highest BCUT2D eigenvalue weighted by molar-refractivity contribution is 9.17. The summed E-state index contributed by atoms with van der Waals surface area (Å²) in [4.78, 5) is 47.1. The van der Waals surface area contributed by atoms with Crippen molar-refractivity contribution < 1.29 is 19.5 Å². The zero-order chi connectivity index (χ0) is 28.9. The molecule has 1 saturated carbocycles. The Morgan fingerprint density at radius 2 is 1.27 bits per heavy atom. The lowest BCUT2D eigenvalue weighted by atomic mass is 9.90. The average molecular weight is 1050 g/mol. The fourth-order valence-electron chi connectivity index (χ4n) is 5.40. The molecule has 14 heteroatoms. The Bertz CT molecular complexity index is 1760. The summed E-state index contributed by atoms with van der Waals surface area (Å²) < 4.78 is 4.80. The van der Waals surface area contributed by atoms with Crippen molar-refractivity contribution in [3.05, 3.63) is 83.0 Å². The predicted octanol–water partition coefficient (Wildman–Crippen LogP) is 9.36. The third-order valence-electron chi connectivity index (χ3n) is 7.24. The first kappa shape index (κ1) is 30.0. The minimum Gasteiger partial charge on any atom is -0.391 e. The van der Waals surface area contributed by atoms with Crippen LogP contribution in [-0.4, -0.2) is 33.8 Å². The van der Waals surface area contributed by atoms with Crippen LogP contribution in [0, 0.1) is 11.8 Å². The number of para-hydroxylation sites is 1. The summed E-state index contributed by atoms with van der Waals surface area (Å²) in [6.45, 7) is 0. The van der Waals surface area contributed by atoms with Crippen molar-refractivity contribution in [2.45, 2.75) is 12.0 Å². The second-order valence-corrected chi connectivity index (χ2v) is 15.7. The highest BCUT2D eigenvalue weighted by Gasteiger charge is 2.55. The van der Waals surface area contributed by atoms with Crippen LogP contribution in [0.4, 0.5) is 5.69 Å². The molecular weight excluding hydrogens is 1040 g/mol. The molecule has 2 aromatic carbocycles. The first-order valence-corrected chi connectivity index (χ1v) is 17.7. The summed E-state index contributed by atoms with van der Waals surface area (Å²) in [7, 11) is 0. The topological polar surface area (TPSA) is 87.6 Å². The van der Waals surface area contributed by atoms with Gasteiger partial charge in [0.15, 0.2) is 5.78 Å². The van der Waals surface area contributed by atoms with Crippen LogP contribution in [-0.2, 0) is 4.79 Å². The van der Waals surface area contributed by atoms with Gasteiger partial charge in [0.1, 0.15) is 0 Å². The quantitative estimate of drug-likeness (QED) is 0.157. The number of hydrogen-bond acceptors (Lipinski definition) is 5. The number of nitrogens with zero attached hydrogens (tertiary/aromatic N) is 2. The number of halogens is 8. The van der Waals surface area contributed by atoms with Crippen LogP contribution < -0.4 is 4.90 Å². The van der Waals surface area contributed by atoms with E-state index in [9.17, 15) is 19.5 Å². The molecule has 2 aliphatic carbocycles. The van der Waals surface area contributed by atoms with Gasteiger partial charge in [-0.25, -0.2) is 9.88 Å². The molecule has 2 amide bonds. The van der Waals surface area contributed by atoms with Crippen LogP contribution in [0.25, 0.3) is 10.9 Å². The first-order chi connectivity index (χ1) is 18.9. The van der Waals surface area contributed by atoms with Crippen LogP contribution in [0.1, 0.15) is 32.3 Å². The summed E-state index contributed by atoms with van der Waals surface area (Å²) in [6.07, 6.45) is -1.06. The number of benzene rings is 2. The first-order valence-electron chi connectivity index (χ1n) is 11.3. The number of imide groups is 1. The van der Waals surface area contributed by atoms with Crippen molar-refractivity contribution in [3.8, 4) is 0 Å². The van der Waals surface area contributed by atoms with E-state index in [2.05, 4.69) is 127 Å². The number of carbonyl (C=O) groups is 3. The fraction of sp³-hybridized carbons (Fsp3) is 0.154. The molecule has 1 aromatic heterocycles. The lowest BCUT2D eigenvalue weighted by Crippen LogP contribution is -2.30. The van der Waals surface area contributed by atoms with Crippen LogP contribution in [0.3, 0.4) is 0 Å². The Morgan fingerprint density at radius 1 is 0.700 bits per heavy atom. The highest BCUT2D eigenvalue weighted by atomic mass is 79.9. The van der Waals surface area contributed by atoms with Crippen molar-refractivity contribution in [1.29, 1.82) is 0 Å². The summed E-state index contributed by atoms with van der Waals surface area (Å²) in [6, 6.07) is 8.68. The van der Waals surface area contributed by atoms with E-state index >= 15 is 0 Å². The number of aromatic nitrogens is 1. The molecule has 3 aromatic rings. The molecule has 1 aliphatic heterocycles. The monoisotopic (exact) mass is 1050 g/mol. The second kappa shape index (κ2) is 10.8. The molecular formula is C26H10Br8N2O4. The Balaban J connectivity index is 1.49. The molecule has 0 saturated heterocycles. The number of amides is 2. The van der Waals surface area contributed by atoms with Gasteiger partial charge in [0.25, 0.3) is 11.8 Å². The highest BCUT2D eigenvalue weighted by Crippen LogP contribution is 2.56. The van der Waals surface area contributed by atoms with E-state index in [1.54, 1.807) is 24.3 Å². The number of allylic oxidation sites excluding steroid dienone is 3. The van der Waals surface area contributed by atoms with E-state index in [-0.39, 0.29) is 22.6 Å². The summed E-state index contributed by atoms with van der Waals surface area (Å²) in [5.74, 6) is -3.27. The van der Waals surface area contributed by atoms with Gasteiger partial charge in [-0.05, 0) is 108 Å². The Kier molecular flexibility index (Phi) is 8.12. The molecule has 4 atom stereocenters. The number of fused-ring (bicyclic) bond motifs is 3. The largest absolute Gasteiger partial charge is 0.391 e. The van der Waals surface area contributed by atoms with Gasteiger partial charge in [0, 0.05) is 47.1 Å². The van der Waals surface area contributed by atoms with Crippen LogP contribution >= 0.6 is 127 Å². The summed E-state index contributed by atoms with van der Waals surface area (Å²) >= 11 is 27.9. The van der Waals surface area contributed by atoms with Gasteiger partial charge in [-0.1, -0.05) is 50.1 Å². The van der Waals surface area contributed by atoms with Crippen molar-refractivity contribution in [1.82, 2.24) is 4.98 Å². The van der Waals surface area contributed by atoms with Gasteiger partial charge < -0.3 is 5.11 Å². The zero-order valence-corrected chi connectivity index (χ0v) is 32.0. The number of ketones is 1. The van der Waals surface area contributed by atoms with Gasteiger partial charge in [-0.2, -0.15) is 0 Å². The standard InChI is InChI=1S/C26H10Br8N2O4/c27-14-10-11(15(28)19(32)18(14)31)24(38)9(23(10)37)7-5-4-6-2-1-3-8(22(6)35-7)36-25(39)12-13(26(36)40)17(30)21(34)20(33)16(12)29/h1-5,9-11,23,37H. The zero-order valence-electron chi connectivity index (χ0n) is 19.3. The Morgan fingerprint density at radius 3 is 1.88 bits per heavy atom. The number of aliphatic hydroxyl groups excluding tert-OH is 1. The maximum Gasteiger partial charge on any atom is 0.267 e. The van der Waals surface area contributed by atoms with Gasteiger partial charge in [-0.3, -0.25) is 14.4 Å². The van der Waals surface area contributed by atoms with Crippen LogP contribution in [0.15, 0.2) is 66.2 Å². The van der Waals surface area contributed by atoms with E-state index in [1.165, 1.54) is 0 Å². The molecule has 0 spiro atoms. The molecule has 40 heavy (non-hydrogen) atoms. The summed E-state index contributed by atoms with van der Waals surface area (Å²) in [5, 5.41) is 12.1. The average Bonchev–Trinajstić information content (AvgIpc) is 3.35. The van der Waals surface area contributed by atoms with E-state index in [1.807, 2.05) is 6.07 Å². The third kappa shape index (κ3) is 4.21. The van der Waals surface area contributed by atoms with Gasteiger partial charge in [-0.15, -0.1) is 0 Å². The number of Topliss-reactive ketones (excluding diaryl/α,β-unsaturated/α-hetero) is 1. The number of hydrogen-bond donors (Lipinski definition) is 1. The molecule has 1 N–H and O–H groups in total. The number of aliphatic hydroxyl groups is 1. The third-order valence-corrected chi connectivity index (χ3v) is 17.1.